The van der Waals surface area contributed by atoms with Gasteiger partial charge in [0, 0.05) is 53.9 Å². The van der Waals surface area contributed by atoms with Crippen LogP contribution >= 0.6 is 23.2 Å². The highest BCUT2D eigenvalue weighted by molar-refractivity contribution is 6.39. The number of hydrogen-bond acceptors (Lipinski definition) is 8. The molecule has 11 nitrogen and oxygen atoms in total. The van der Waals surface area contributed by atoms with Gasteiger partial charge in [-0.25, -0.2) is 14.5 Å². The third kappa shape index (κ3) is 6.27. The zero-order chi connectivity index (χ0) is 32.4. The molecule has 0 spiro atoms. The fourth-order valence-electron chi connectivity index (χ4n) is 5.51. The predicted molar refractivity (Wildman–Crippen MR) is 178 cm³/mol. The van der Waals surface area contributed by atoms with Gasteiger partial charge in [0.2, 0.25) is 11.8 Å². The second kappa shape index (κ2) is 13.4. The van der Waals surface area contributed by atoms with E-state index in [0.29, 0.717) is 64.6 Å². The summed E-state index contributed by atoms with van der Waals surface area (Å²) in [6, 6.07) is 18.9. The van der Waals surface area contributed by atoms with Gasteiger partial charge < -0.3 is 21.1 Å². The van der Waals surface area contributed by atoms with Crippen molar-refractivity contribution in [2.45, 2.75) is 25.6 Å². The number of nitrogens with two attached hydrogens (primary N) is 1. The van der Waals surface area contributed by atoms with Crippen LogP contribution in [0.2, 0.25) is 10.0 Å². The average Bonchev–Trinajstić information content (AvgIpc) is 3.70. The zero-order valence-electron chi connectivity index (χ0n) is 25.3. The highest BCUT2D eigenvalue weighted by atomic mass is 35.5. The molecule has 1 aliphatic heterocycles. The maximum absolute atomic E-state index is 12.4. The van der Waals surface area contributed by atoms with E-state index in [2.05, 4.69) is 25.6 Å². The van der Waals surface area contributed by atoms with Crippen LogP contribution < -0.4 is 21.1 Å². The number of hydrogen-bond donors (Lipinski definition) is 3. The summed E-state index contributed by atoms with van der Waals surface area (Å²) in [6.45, 7) is 1.24. The van der Waals surface area contributed by atoms with Crippen molar-refractivity contribution in [1.82, 2.24) is 35.1 Å². The van der Waals surface area contributed by atoms with E-state index >= 15 is 0 Å². The topological polar surface area (TPSA) is 140 Å². The first-order valence-electron chi connectivity index (χ1n) is 14.7. The number of benzene rings is 2. The largest absolute Gasteiger partial charge is 0.481 e. The van der Waals surface area contributed by atoms with E-state index in [1.807, 2.05) is 61.6 Å². The molecular formula is C33H32Cl2N8O3. The van der Waals surface area contributed by atoms with Crippen molar-refractivity contribution in [3.05, 3.63) is 88.2 Å². The van der Waals surface area contributed by atoms with Gasteiger partial charge in [0.25, 0.3) is 5.91 Å². The summed E-state index contributed by atoms with van der Waals surface area (Å²) in [6.07, 6.45) is 2.84. The Labute approximate surface area is 275 Å². The number of nitrogens with zero attached hydrogens (tertiary/aromatic N) is 5. The van der Waals surface area contributed by atoms with Crippen molar-refractivity contribution in [2.24, 2.45) is 5.73 Å². The minimum Gasteiger partial charge on any atom is -0.481 e. The Kier molecular flexibility index (Phi) is 9.18. The van der Waals surface area contributed by atoms with Gasteiger partial charge in [-0.15, -0.1) is 0 Å². The van der Waals surface area contributed by atoms with Gasteiger partial charge in [-0.3, -0.25) is 14.5 Å². The minimum absolute atomic E-state index is 0.0222. The minimum atomic E-state index is -0.319. The molecule has 4 N–H and O–H groups in total. The lowest BCUT2D eigenvalue weighted by atomic mass is 9.98. The number of imidazole rings is 1. The van der Waals surface area contributed by atoms with Crippen LogP contribution in [0.5, 0.6) is 5.88 Å². The predicted octanol–water partition coefficient (Wildman–Crippen LogP) is 4.80. The van der Waals surface area contributed by atoms with Gasteiger partial charge in [0.15, 0.2) is 5.65 Å². The lowest BCUT2D eigenvalue weighted by Gasteiger charge is -2.24. The van der Waals surface area contributed by atoms with E-state index in [1.165, 1.54) is 0 Å². The standard InChI is InChI=1S/C33H32Cl2N8O3/c1-42(27-13-14-29(44)40-27)17-19-9-10-24(39-33(19)46-2)22-7-3-5-20(30(22)34)21-6-4-8-23(31(21)35)25-11-12-28-38-26(18-43(28)41-25)32(45)37-16-15-36/h3-12,18,27H,13-17,36H2,1-2H3,(H,37,45)(H,40,44)/t27-/m0/s1. The fourth-order valence-corrected chi connectivity index (χ4v) is 6.16. The molecule has 3 aromatic heterocycles. The van der Waals surface area contributed by atoms with E-state index in [1.54, 1.807) is 23.9 Å². The van der Waals surface area contributed by atoms with E-state index in [0.717, 1.165) is 28.7 Å². The number of amides is 2. The summed E-state index contributed by atoms with van der Waals surface area (Å²) in [5, 5.41) is 11.3. The van der Waals surface area contributed by atoms with Gasteiger partial charge in [0.1, 0.15) is 5.69 Å². The molecule has 1 fully saturated rings. The van der Waals surface area contributed by atoms with Gasteiger partial charge >= 0.3 is 0 Å². The second-order valence-corrected chi connectivity index (χ2v) is 11.7. The number of aromatic nitrogens is 4. The molecular weight excluding hydrogens is 627 g/mol. The first-order valence-corrected chi connectivity index (χ1v) is 15.5. The number of halogens is 2. The smallest absolute Gasteiger partial charge is 0.271 e. The van der Waals surface area contributed by atoms with Crippen molar-refractivity contribution in [1.29, 1.82) is 0 Å². The Balaban J connectivity index is 1.30. The van der Waals surface area contributed by atoms with Gasteiger partial charge in [-0.2, -0.15) is 5.10 Å². The number of ether oxygens (including phenoxy) is 1. The maximum atomic E-state index is 12.4. The van der Waals surface area contributed by atoms with E-state index in [9.17, 15) is 9.59 Å². The quantitative estimate of drug-likeness (QED) is 0.194. The average molecular weight is 660 g/mol. The molecule has 1 atom stereocenters. The number of methoxy groups -OCH3 is 1. The molecule has 1 aliphatic rings. The first kappa shape index (κ1) is 31.4. The van der Waals surface area contributed by atoms with Gasteiger partial charge in [-0.05, 0) is 31.7 Å². The van der Waals surface area contributed by atoms with Crippen LogP contribution in [0.3, 0.4) is 0 Å². The Morgan fingerprint density at radius 3 is 2.35 bits per heavy atom. The number of carbonyl (C=O) groups is 2. The molecule has 5 aromatic rings. The molecule has 0 saturated carbocycles. The monoisotopic (exact) mass is 658 g/mol. The van der Waals surface area contributed by atoms with Crippen LogP contribution in [0.15, 0.2) is 66.9 Å². The van der Waals surface area contributed by atoms with Crippen molar-refractivity contribution < 1.29 is 14.3 Å². The van der Waals surface area contributed by atoms with Gasteiger partial charge in [0.05, 0.1) is 40.9 Å². The molecule has 0 bridgehead atoms. The Morgan fingerprint density at radius 1 is 1.02 bits per heavy atom. The maximum Gasteiger partial charge on any atom is 0.271 e. The molecule has 6 rings (SSSR count). The molecule has 2 amide bonds. The SMILES string of the molecule is COc1nc(-c2cccc(-c3cccc(-c4ccc5nc(C(=O)NCCN)cn5n4)c3Cl)c2Cl)ccc1CN(C)[C@H]1CCC(=O)N1. The van der Waals surface area contributed by atoms with Crippen LogP contribution in [0.1, 0.15) is 28.9 Å². The van der Waals surface area contributed by atoms with E-state index in [4.69, 9.17) is 38.7 Å². The van der Waals surface area contributed by atoms with Crippen LogP contribution in [-0.2, 0) is 11.3 Å². The molecule has 1 saturated heterocycles. The third-order valence-electron chi connectivity index (χ3n) is 7.88. The highest BCUT2D eigenvalue weighted by Crippen LogP contribution is 2.42. The van der Waals surface area contributed by atoms with Crippen molar-refractivity contribution in [3.8, 4) is 39.5 Å². The number of nitrogens with one attached hydrogen (secondary N) is 2. The summed E-state index contributed by atoms with van der Waals surface area (Å²) in [5.41, 5.74) is 11.3. The summed E-state index contributed by atoms with van der Waals surface area (Å²) in [4.78, 5) is 35.3. The lowest BCUT2D eigenvalue weighted by Crippen LogP contribution is -2.40. The zero-order valence-corrected chi connectivity index (χ0v) is 26.8. The summed E-state index contributed by atoms with van der Waals surface area (Å²) >= 11 is 14.1. The van der Waals surface area contributed by atoms with Crippen molar-refractivity contribution in [3.63, 3.8) is 0 Å². The van der Waals surface area contributed by atoms with Crippen molar-refractivity contribution >= 4 is 40.7 Å². The molecule has 13 heteroatoms. The number of carbonyl (C=O) groups excluding carboxylic acids is 2. The van der Waals surface area contributed by atoms with Crippen molar-refractivity contribution in [2.75, 3.05) is 27.2 Å². The summed E-state index contributed by atoms with van der Waals surface area (Å²) in [7, 11) is 3.55. The summed E-state index contributed by atoms with van der Waals surface area (Å²) in [5.74, 6) is 0.225. The first-order chi connectivity index (χ1) is 22.3. The van der Waals surface area contributed by atoms with Crippen LogP contribution in [0.4, 0.5) is 0 Å². The highest BCUT2D eigenvalue weighted by Gasteiger charge is 2.25. The molecule has 236 valence electrons. The normalized spacial score (nSPS) is 14.6. The fraction of sp³-hybridized carbons (Fsp3) is 0.242. The van der Waals surface area contributed by atoms with Crippen LogP contribution in [0, 0.1) is 0 Å². The molecule has 0 unspecified atom stereocenters. The van der Waals surface area contributed by atoms with E-state index < -0.39 is 0 Å². The molecule has 4 heterocycles. The Morgan fingerprint density at radius 2 is 1.70 bits per heavy atom. The lowest BCUT2D eigenvalue weighted by molar-refractivity contribution is -0.119. The van der Waals surface area contributed by atoms with Crippen LogP contribution in [0.25, 0.3) is 39.3 Å². The van der Waals surface area contributed by atoms with E-state index in [-0.39, 0.29) is 23.7 Å². The Hall–Kier alpha value is -4.55. The molecule has 46 heavy (non-hydrogen) atoms. The Bertz CT molecular complexity index is 1950. The third-order valence-corrected chi connectivity index (χ3v) is 8.69. The van der Waals surface area contributed by atoms with Gasteiger partial charge in [-0.1, -0.05) is 65.7 Å². The summed E-state index contributed by atoms with van der Waals surface area (Å²) < 4.78 is 7.21. The van der Waals surface area contributed by atoms with Crippen LogP contribution in [-0.4, -0.2) is 69.7 Å². The molecule has 0 aliphatic carbocycles. The molecule has 0 radical (unpaired) electrons. The number of fused-ring (bicyclic) bond motifs is 1. The number of pyridine rings is 1. The second-order valence-electron chi connectivity index (χ2n) is 10.9. The molecule has 2 aromatic carbocycles. The number of rotatable bonds is 10.